The smallest absolute Gasteiger partial charge is 0.418 e. The highest BCUT2D eigenvalue weighted by molar-refractivity contribution is 7.82. The standard InChI is InChI=1S/C17H15ClF3N3O4S/c1-27-13-7-14(28-2)11(6-10(13)18)23-16(26)24(29)12-4-3-8(15(22)25)5-9(12)17(19,20)21/h3-7,29H,1-2H3,(H2,22,25)(H,23,26). The summed E-state index contributed by atoms with van der Waals surface area (Å²) >= 11 is 9.88. The summed E-state index contributed by atoms with van der Waals surface area (Å²) in [7, 11) is 2.70. The molecular weight excluding hydrogens is 435 g/mol. The van der Waals surface area contributed by atoms with Crippen LogP contribution >= 0.6 is 24.4 Å². The van der Waals surface area contributed by atoms with Gasteiger partial charge in [0.05, 0.1) is 36.2 Å². The van der Waals surface area contributed by atoms with Crippen molar-refractivity contribution >= 4 is 47.7 Å². The van der Waals surface area contributed by atoms with Crippen molar-refractivity contribution in [1.29, 1.82) is 0 Å². The minimum atomic E-state index is -4.87. The summed E-state index contributed by atoms with van der Waals surface area (Å²) in [6, 6.07) is 4.16. The lowest BCUT2D eigenvalue weighted by molar-refractivity contribution is -0.137. The van der Waals surface area contributed by atoms with E-state index in [-0.39, 0.29) is 27.8 Å². The minimum absolute atomic E-state index is 0.0738. The number of carbonyl (C=O) groups is 2. The number of nitrogens with two attached hydrogens (primary N) is 1. The van der Waals surface area contributed by atoms with Crippen molar-refractivity contribution in [1.82, 2.24) is 0 Å². The Balaban J connectivity index is 2.41. The molecule has 0 bridgehead atoms. The Labute approximate surface area is 174 Å². The van der Waals surface area contributed by atoms with Gasteiger partial charge in [-0.2, -0.15) is 13.2 Å². The van der Waals surface area contributed by atoms with Crippen LogP contribution in [0.5, 0.6) is 11.5 Å². The summed E-state index contributed by atoms with van der Waals surface area (Å²) in [5.74, 6) is -0.623. The molecule has 2 aromatic rings. The number of urea groups is 1. The molecule has 2 rings (SSSR count). The molecular formula is C17H15ClF3N3O4S. The number of rotatable bonds is 5. The number of thiol groups is 1. The maximum absolute atomic E-state index is 13.4. The Morgan fingerprint density at radius 1 is 1.14 bits per heavy atom. The third-order valence-corrected chi connectivity index (χ3v) is 4.42. The SMILES string of the molecule is COc1cc(OC)c(NC(=O)N(S)c2ccc(C(N)=O)cc2C(F)(F)F)cc1Cl. The number of methoxy groups -OCH3 is 2. The van der Waals surface area contributed by atoms with Crippen LogP contribution in [0.4, 0.5) is 29.3 Å². The van der Waals surface area contributed by atoms with Gasteiger partial charge < -0.3 is 20.5 Å². The van der Waals surface area contributed by atoms with Crippen molar-refractivity contribution in [3.05, 3.63) is 46.5 Å². The number of nitrogens with one attached hydrogen (secondary N) is 1. The fourth-order valence-electron chi connectivity index (χ4n) is 2.34. The van der Waals surface area contributed by atoms with E-state index in [1.165, 1.54) is 26.4 Å². The average molecular weight is 450 g/mol. The van der Waals surface area contributed by atoms with E-state index in [1.807, 2.05) is 0 Å². The molecule has 7 nitrogen and oxygen atoms in total. The lowest BCUT2D eigenvalue weighted by Gasteiger charge is -2.22. The summed E-state index contributed by atoms with van der Waals surface area (Å²) in [4.78, 5) is 23.7. The molecule has 0 aliphatic rings. The first-order valence-electron chi connectivity index (χ1n) is 7.72. The van der Waals surface area contributed by atoms with Gasteiger partial charge in [0.25, 0.3) is 0 Å². The number of hydrogen-bond acceptors (Lipinski definition) is 5. The van der Waals surface area contributed by atoms with Crippen molar-refractivity contribution in [2.75, 3.05) is 23.8 Å². The van der Waals surface area contributed by atoms with E-state index < -0.39 is 29.4 Å². The molecule has 0 aliphatic heterocycles. The van der Waals surface area contributed by atoms with Crippen LogP contribution in [0.25, 0.3) is 0 Å². The first-order valence-corrected chi connectivity index (χ1v) is 8.50. The Morgan fingerprint density at radius 3 is 2.28 bits per heavy atom. The monoisotopic (exact) mass is 449 g/mol. The third-order valence-electron chi connectivity index (χ3n) is 3.72. The predicted octanol–water partition coefficient (Wildman–Crippen LogP) is 4.36. The Morgan fingerprint density at radius 2 is 1.76 bits per heavy atom. The molecule has 3 amide bonds. The average Bonchev–Trinajstić information content (AvgIpc) is 2.66. The highest BCUT2D eigenvalue weighted by Crippen LogP contribution is 2.39. The number of carbonyl (C=O) groups excluding carboxylic acids is 2. The van der Waals surface area contributed by atoms with Crippen molar-refractivity contribution in [3.63, 3.8) is 0 Å². The number of halogens is 4. The molecule has 29 heavy (non-hydrogen) atoms. The zero-order valence-corrected chi connectivity index (χ0v) is 16.7. The predicted molar refractivity (Wildman–Crippen MR) is 105 cm³/mol. The molecule has 0 saturated carbocycles. The molecule has 12 heteroatoms. The zero-order chi connectivity index (χ0) is 21.9. The number of nitrogens with zero attached hydrogens (tertiary/aromatic N) is 1. The summed E-state index contributed by atoms with van der Waals surface area (Å²) in [6.07, 6.45) is -4.87. The van der Waals surface area contributed by atoms with Crippen molar-refractivity contribution < 1.29 is 32.2 Å². The maximum atomic E-state index is 13.4. The molecule has 0 saturated heterocycles. The van der Waals surface area contributed by atoms with Gasteiger partial charge in [-0.1, -0.05) is 24.4 Å². The van der Waals surface area contributed by atoms with Gasteiger partial charge in [0.15, 0.2) is 0 Å². The molecule has 0 spiro atoms. The maximum Gasteiger partial charge on any atom is 0.418 e. The Kier molecular flexibility index (Phi) is 6.75. The van der Waals surface area contributed by atoms with E-state index in [0.717, 1.165) is 12.1 Å². The molecule has 0 aromatic heterocycles. The van der Waals surface area contributed by atoms with Crippen LogP contribution in [0, 0.1) is 0 Å². The molecule has 3 N–H and O–H groups in total. The van der Waals surface area contributed by atoms with E-state index in [0.29, 0.717) is 10.4 Å². The summed E-state index contributed by atoms with van der Waals surface area (Å²) in [5, 5.41) is 2.49. The second-order valence-electron chi connectivity index (χ2n) is 5.52. The van der Waals surface area contributed by atoms with E-state index in [2.05, 4.69) is 18.1 Å². The van der Waals surface area contributed by atoms with E-state index in [4.69, 9.17) is 26.8 Å². The summed E-state index contributed by atoms with van der Waals surface area (Å²) in [6.45, 7) is 0. The number of amides is 3. The van der Waals surface area contributed by atoms with Crippen LogP contribution in [-0.4, -0.2) is 26.2 Å². The van der Waals surface area contributed by atoms with Gasteiger partial charge in [0.2, 0.25) is 5.91 Å². The Hall–Kier alpha value is -2.79. The highest BCUT2D eigenvalue weighted by atomic mass is 35.5. The van der Waals surface area contributed by atoms with Crippen LogP contribution in [0.15, 0.2) is 30.3 Å². The van der Waals surface area contributed by atoms with E-state index in [1.54, 1.807) is 0 Å². The van der Waals surface area contributed by atoms with E-state index >= 15 is 0 Å². The van der Waals surface area contributed by atoms with Crippen molar-refractivity contribution in [2.45, 2.75) is 6.18 Å². The van der Waals surface area contributed by atoms with Gasteiger partial charge in [-0.25, -0.2) is 9.10 Å². The number of ether oxygens (including phenoxy) is 2. The van der Waals surface area contributed by atoms with Gasteiger partial charge in [-0.15, -0.1) is 0 Å². The molecule has 0 unspecified atom stereocenters. The van der Waals surface area contributed by atoms with Crippen LogP contribution in [-0.2, 0) is 6.18 Å². The molecule has 0 heterocycles. The quantitative estimate of drug-likeness (QED) is 0.591. The van der Waals surface area contributed by atoms with Crippen molar-refractivity contribution in [3.8, 4) is 11.5 Å². The molecule has 0 aliphatic carbocycles. The Bertz CT molecular complexity index is 956. The van der Waals surface area contributed by atoms with Crippen LogP contribution in [0.3, 0.4) is 0 Å². The van der Waals surface area contributed by atoms with Gasteiger partial charge >= 0.3 is 12.2 Å². The zero-order valence-electron chi connectivity index (χ0n) is 15.0. The van der Waals surface area contributed by atoms with Gasteiger partial charge in [0.1, 0.15) is 11.5 Å². The van der Waals surface area contributed by atoms with Gasteiger partial charge in [-0.3, -0.25) is 4.79 Å². The van der Waals surface area contributed by atoms with Crippen LogP contribution in [0.1, 0.15) is 15.9 Å². The number of benzene rings is 2. The summed E-state index contributed by atoms with van der Waals surface area (Å²) in [5.41, 5.74) is 2.86. The number of primary amides is 1. The molecule has 0 radical (unpaired) electrons. The largest absolute Gasteiger partial charge is 0.495 e. The van der Waals surface area contributed by atoms with Crippen molar-refractivity contribution in [2.24, 2.45) is 5.73 Å². The third kappa shape index (κ3) is 4.98. The topological polar surface area (TPSA) is 93.9 Å². The lowest BCUT2D eigenvalue weighted by Crippen LogP contribution is -2.29. The number of hydrogen-bond donors (Lipinski definition) is 3. The first kappa shape index (κ1) is 22.5. The van der Waals surface area contributed by atoms with Gasteiger partial charge in [-0.05, 0) is 24.3 Å². The minimum Gasteiger partial charge on any atom is -0.495 e. The number of alkyl halides is 3. The second-order valence-corrected chi connectivity index (χ2v) is 6.33. The fourth-order valence-corrected chi connectivity index (χ4v) is 2.80. The van der Waals surface area contributed by atoms with Crippen LogP contribution in [0.2, 0.25) is 5.02 Å². The molecule has 156 valence electrons. The fraction of sp³-hybridized carbons (Fsp3) is 0.176. The molecule has 0 atom stereocenters. The molecule has 0 fully saturated rings. The highest BCUT2D eigenvalue weighted by Gasteiger charge is 2.36. The van der Waals surface area contributed by atoms with E-state index in [9.17, 15) is 22.8 Å². The lowest BCUT2D eigenvalue weighted by atomic mass is 10.1. The molecule has 2 aromatic carbocycles. The normalized spacial score (nSPS) is 11.0. The number of anilines is 2. The first-order chi connectivity index (χ1) is 13.5. The summed E-state index contributed by atoms with van der Waals surface area (Å²) < 4.78 is 50.8. The second kappa shape index (κ2) is 8.70. The van der Waals surface area contributed by atoms with Gasteiger partial charge in [0, 0.05) is 11.6 Å². The van der Waals surface area contributed by atoms with Crippen LogP contribution < -0.4 is 24.8 Å².